The smallest absolute Gasteiger partial charge is 0.304 e. The zero-order chi connectivity index (χ0) is 17.0. The fourth-order valence-electron chi connectivity index (χ4n) is 2.48. The van der Waals surface area contributed by atoms with Crippen molar-refractivity contribution in [2.75, 3.05) is 0 Å². The number of rotatable bonds is 7. The molecule has 2 rings (SSSR count). The SMILES string of the molecule is Cc1n[nH]c(C)c1S(=O)(=O)N[C@@H](CC(=O)O)Cc1ccccc1. The molecule has 0 fully saturated rings. The van der Waals surface area contributed by atoms with Crippen molar-refractivity contribution in [3.63, 3.8) is 0 Å². The molecule has 0 aliphatic heterocycles. The first-order valence-electron chi connectivity index (χ1n) is 7.09. The van der Waals surface area contributed by atoms with Gasteiger partial charge in [0.25, 0.3) is 0 Å². The molecule has 0 aliphatic carbocycles. The Morgan fingerprint density at radius 3 is 2.48 bits per heavy atom. The zero-order valence-corrected chi connectivity index (χ0v) is 13.7. The number of nitrogens with one attached hydrogen (secondary N) is 2. The van der Waals surface area contributed by atoms with E-state index in [1.807, 2.05) is 30.3 Å². The lowest BCUT2D eigenvalue weighted by Gasteiger charge is -2.17. The topological polar surface area (TPSA) is 112 Å². The Morgan fingerprint density at radius 1 is 1.30 bits per heavy atom. The van der Waals surface area contributed by atoms with E-state index in [-0.39, 0.29) is 11.3 Å². The first kappa shape index (κ1) is 17.2. The summed E-state index contributed by atoms with van der Waals surface area (Å²) >= 11 is 0. The largest absolute Gasteiger partial charge is 0.481 e. The summed E-state index contributed by atoms with van der Waals surface area (Å²) in [5.74, 6) is -1.06. The maximum Gasteiger partial charge on any atom is 0.304 e. The van der Waals surface area contributed by atoms with Gasteiger partial charge < -0.3 is 5.11 Å². The average Bonchev–Trinajstić information content (AvgIpc) is 2.78. The number of H-pyrrole nitrogens is 1. The fourth-order valence-corrected chi connectivity index (χ4v) is 4.09. The van der Waals surface area contributed by atoms with Gasteiger partial charge in [-0.25, -0.2) is 13.1 Å². The highest BCUT2D eigenvalue weighted by Gasteiger charge is 2.26. The normalized spacial score (nSPS) is 13.0. The highest BCUT2D eigenvalue weighted by atomic mass is 32.2. The second-order valence-corrected chi connectivity index (χ2v) is 7.02. The molecule has 124 valence electrons. The molecule has 1 aromatic heterocycles. The summed E-state index contributed by atoms with van der Waals surface area (Å²) in [6.45, 7) is 3.19. The van der Waals surface area contributed by atoms with E-state index < -0.39 is 22.0 Å². The Bertz CT molecular complexity index is 765. The van der Waals surface area contributed by atoms with Crippen molar-refractivity contribution in [2.45, 2.75) is 37.6 Å². The number of hydrogen-bond acceptors (Lipinski definition) is 4. The molecule has 0 aliphatic rings. The van der Waals surface area contributed by atoms with Crippen LogP contribution in [0.2, 0.25) is 0 Å². The summed E-state index contributed by atoms with van der Waals surface area (Å²) < 4.78 is 27.6. The van der Waals surface area contributed by atoms with Gasteiger partial charge in [0.2, 0.25) is 10.0 Å². The van der Waals surface area contributed by atoms with Gasteiger partial charge in [0.1, 0.15) is 4.90 Å². The number of benzene rings is 1. The van der Waals surface area contributed by atoms with Crippen molar-refractivity contribution < 1.29 is 18.3 Å². The van der Waals surface area contributed by atoms with Gasteiger partial charge in [-0.2, -0.15) is 5.10 Å². The minimum atomic E-state index is -3.85. The van der Waals surface area contributed by atoms with E-state index in [0.717, 1.165) is 5.56 Å². The molecule has 0 saturated heterocycles. The molecule has 8 heteroatoms. The molecule has 1 atom stereocenters. The Kier molecular flexibility index (Phi) is 5.17. The van der Waals surface area contributed by atoms with Crippen LogP contribution in [0.15, 0.2) is 35.2 Å². The van der Waals surface area contributed by atoms with Gasteiger partial charge in [0.15, 0.2) is 0 Å². The van der Waals surface area contributed by atoms with Crippen LogP contribution in [0.5, 0.6) is 0 Å². The number of aromatic amines is 1. The number of aromatic nitrogens is 2. The van der Waals surface area contributed by atoms with Crippen LogP contribution in [0.3, 0.4) is 0 Å². The molecule has 0 radical (unpaired) electrons. The van der Waals surface area contributed by atoms with Crippen molar-refractivity contribution in [2.24, 2.45) is 0 Å². The minimum Gasteiger partial charge on any atom is -0.481 e. The molecule has 1 heterocycles. The summed E-state index contributed by atoms with van der Waals surface area (Å²) in [5.41, 5.74) is 1.63. The summed E-state index contributed by atoms with van der Waals surface area (Å²) in [7, 11) is -3.85. The number of aliphatic carboxylic acids is 1. The summed E-state index contributed by atoms with van der Waals surface area (Å²) in [6, 6.07) is 8.42. The monoisotopic (exact) mass is 337 g/mol. The molecule has 23 heavy (non-hydrogen) atoms. The van der Waals surface area contributed by atoms with Crippen molar-refractivity contribution in [1.29, 1.82) is 0 Å². The average molecular weight is 337 g/mol. The van der Waals surface area contributed by atoms with Crippen LogP contribution in [-0.4, -0.2) is 35.7 Å². The number of nitrogens with zero attached hydrogens (tertiary/aromatic N) is 1. The lowest BCUT2D eigenvalue weighted by atomic mass is 10.0. The Labute approximate surface area is 134 Å². The van der Waals surface area contributed by atoms with E-state index >= 15 is 0 Å². The lowest BCUT2D eigenvalue weighted by molar-refractivity contribution is -0.137. The number of aryl methyl sites for hydroxylation is 2. The van der Waals surface area contributed by atoms with E-state index in [2.05, 4.69) is 14.9 Å². The Morgan fingerprint density at radius 2 is 1.96 bits per heavy atom. The van der Waals surface area contributed by atoms with Crippen molar-refractivity contribution in [1.82, 2.24) is 14.9 Å². The van der Waals surface area contributed by atoms with Gasteiger partial charge in [-0.3, -0.25) is 9.89 Å². The first-order chi connectivity index (χ1) is 10.8. The number of sulfonamides is 1. The molecule has 0 amide bonds. The van der Waals surface area contributed by atoms with Crippen LogP contribution in [0.1, 0.15) is 23.4 Å². The van der Waals surface area contributed by atoms with Crippen molar-refractivity contribution in [3.05, 3.63) is 47.3 Å². The van der Waals surface area contributed by atoms with Crippen LogP contribution in [0.25, 0.3) is 0 Å². The maximum atomic E-state index is 12.6. The molecule has 0 spiro atoms. The lowest BCUT2D eigenvalue weighted by Crippen LogP contribution is -2.38. The van der Waals surface area contributed by atoms with E-state index in [1.54, 1.807) is 13.8 Å². The highest BCUT2D eigenvalue weighted by Crippen LogP contribution is 2.18. The van der Waals surface area contributed by atoms with Gasteiger partial charge in [-0.1, -0.05) is 30.3 Å². The quantitative estimate of drug-likeness (QED) is 0.707. The van der Waals surface area contributed by atoms with Gasteiger partial charge in [0.05, 0.1) is 17.8 Å². The number of carboxylic acids is 1. The molecule has 3 N–H and O–H groups in total. The van der Waals surface area contributed by atoms with Gasteiger partial charge in [-0.05, 0) is 25.8 Å². The van der Waals surface area contributed by atoms with Crippen LogP contribution in [0, 0.1) is 13.8 Å². The van der Waals surface area contributed by atoms with Gasteiger partial charge in [0, 0.05) is 6.04 Å². The third-order valence-corrected chi connectivity index (χ3v) is 5.18. The number of carboxylic acid groups (broad SMARTS) is 1. The van der Waals surface area contributed by atoms with Crippen LogP contribution in [-0.2, 0) is 21.2 Å². The molecule has 1 aromatic carbocycles. The summed E-state index contributed by atoms with van der Waals surface area (Å²) in [6.07, 6.45) is -0.00755. The zero-order valence-electron chi connectivity index (χ0n) is 12.9. The predicted molar refractivity (Wildman–Crippen MR) is 84.6 cm³/mol. The highest BCUT2D eigenvalue weighted by molar-refractivity contribution is 7.89. The first-order valence-corrected chi connectivity index (χ1v) is 8.57. The number of hydrogen-bond donors (Lipinski definition) is 3. The van der Waals surface area contributed by atoms with Gasteiger partial charge >= 0.3 is 5.97 Å². The fraction of sp³-hybridized carbons (Fsp3) is 0.333. The van der Waals surface area contributed by atoms with Crippen LogP contribution >= 0.6 is 0 Å². The van der Waals surface area contributed by atoms with E-state index in [9.17, 15) is 13.2 Å². The molecule has 7 nitrogen and oxygen atoms in total. The van der Waals surface area contributed by atoms with Gasteiger partial charge in [-0.15, -0.1) is 0 Å². The third kappa shape index (κ3) is 4.40. The Balaban J connectivity index is 2.25. The second kappa shape index (κ2) is 6.93. The third-order valence-electron chi connectivity index (χ3n) is 3.40. The van der Waals surface area contributed by atoms with Crippen molar-refractivity contribution >= 4 is 16.0 Å². The van der Waals surface area contributed by atoms with Crippen LogP contribution < -0.4 is 4.72 Å². The van der Waals surface area contributed by atoms with Crippen LogP contribution in [0.4, 0.5) is 0 Å². The van der Waals surface area contributed by atoms with E-state index in [4.69, 9.17) is 5.11 Å². The maximum absolute atomic E-state index is 12.6. The summed E-state index contributed by atoms with van der Waals surface area (Å²) in [5, 5.41) is 15.5. The molecule has 0 unspecified atom stereocenters. The molecule has 2 aromatic rings. The number of carbonyl (C=O) groups is 1. The molecular formula is C15H19N3O4S. The van der Waals surface area contributed by atoms with E-state index in [1.165, 1.54) is 0 Å². The minimum absolute atomic E-state index is 0.0703. The molecule has 0 bridgehead atoms. The second-order valence-electron chi connectivity index (χ2n) is 5.37. The molecule has 0 saturated carbocycles. The molecular weight excluding hydrogens is 318 g/mol. The summed E-state index contributed by atoms with van der Waals surface area (Å²) in [4.78, 5) is 11.1. The van der Waals surface area contributed by atoms with Crippen molar-refractivity contribution in [3.8, 4) is 0 Å². The predicted octanol–water partition coefficient (Wildman–Crippen LogP) is 1.39. The van der Waals surface area contributed by atoms with E-state index in [0.29, 0.717) is 17.8 Å². The Hall–Kier alpha value is -2.19. The standard InChI is InChI=1S/C15H19N3O4S/c1-10-15(11(2)17-16-10)23(21,22)18-13(9-14(19)20)8-12-6-4-3-5-7-12/h3-7,13,18H,8-9H2,1-2H3,(H,16,17)(H,19,20)/t13-/m1/s1.